The van der Waals surface area contributed by atoms with Gasteiger partial charge in [0, 0.05) is 25.2 Å². The van der Waals surface area contributed by atoms with Crippen LogP contribution in [0.2, 0.25) is 0 Å². The van der Waals surface area contributed by atoms with E-state index in [0.717, 1.165) is 51.4 Å². The molecule has 0 spiro atoms. The Morgan fingerprint density at radius 3 is 2.71 bits per heavy atom. The zero-order chi connectivity index (χ0) is 16.8. The smallest absolute Gasteiger partial charge is 0.232 e. The van der Waals surface area contributed by atoms with Crippen molar-refractivity contribution in [1.29, 1.82) is 5.26 Å². The molecule has 6 heteroatoms. The molecular formula is C18H22N4O2. The standard InChI is InChI=1S/C18H22N4O2/c1-14-3-5-15(6-4-14)17-21-16(13-19)18(24-17)20-7-2-8-22-9-11-23-12-10-22/h3-6,20H,2,7-12H2,1H3. The van der Waals surface area contributed by atoms with Gasteiger partial charge in [0.1, 0.15) is 6.07 Å². The number of nitrogens with one attached hydrogen (secondary N) is 1. The number of rotatable bonds is 6. The maximum atomic E-state index is 9.25. The largest absolute Gasteiger partial charge is 0.419 e. The maximum Gasteiger partial charge on any atom is 0.232 e. The molecular weight excluding hydrogens is 304 g/mol. The highest BCUT2D eigenvalue weighted by Crippen LogP contribution is 2.25. The zero-order valence-electron chi connectivity index (χ0n) is 13.9. The first kappa shape index (κ1) is 16.5. The van der Waals surface area contributed by atoms with E-state index in [2.05, 4.69) is 21.3 Å². The number of aromatic nitrogens is 1. The summed E-state index contributed by atoms with van der Waals surface area (Å²) in [7, 11) is 0. The molecule has 2 aromatic rings. The molecule has 0 amide bonds. The lowest BCUT2D eigenvalue weighted by atomic mass is 10.1. The fourth-order valence-electron chi connectivity index (χ4n) is 2.66. The second-order valence-electron chi connectivity index (χ2n) is 5.91. The van der Waals surface area contributed by atoms with Crippen molar-refractivity contribution in [2.45, 2.75) is 13.3 Å². The fraction of sp³-hybridized carbons (Fsp3) is 0.444. The van der Waals surface area contributed by atoms with Gasteiger partial charge in [-0.3, -0.25) is 4.90 Å². The zero-order valence-corrected chi connectivity index (χ0v) is 13.9. The van der Waals surface area contributed by atoms with Crippen molar-refractivity contribution in [2.75, 3.05) is 44.7 Å². The van der Waals surface area contributed by atoms with Gasteiger partial charge in [-0.25, -0.2) is 0 Å². The van der Waals surface area contributed by atoms with Crippen molar-refractivity contribution in [3.05, 3.63) is 35.5 Å². The molecule has 0 unspecified atom stereocenters. The monoisotopic (exact) mass is 326 g/mol. The van der Waals surface area contributed by atoms with Crippen LogP contribution in [-0.2, 0) is 4.74 Å². The summed E-state index contributed by atoms with van der Waals surface area (Å²) in [5, 5.41) is 12.4. The van der Waals surface area contributed by atoms with Crippen LogP contribution < -0.4 is 5.32 Å². The van der Waals surface area contributed by atoms with Gasteiger partial charge in [-0.1, -0.05) is 17.7 Å². The quantitative estimate of drug-likeness (QED) is 0.823. The first-order valence-electron chi connectivity index (χ1n) is 8.28. The summed E-state index contributed by atoms with van der Waals surface area (Å²) in [5.74, 6) is 0.928. The lowest BCUT2D eigenvalue weighted by Crippen LogP contribution is -2.37. The molecule has 0 radical (unpaired) electrons. The Kier molecular flexibility index (Phi) is 5.47. The van der Waals surface area contributed by atoms with Crippen molar-refractivity contribution in [1.82, 2.24) is 9.88 Å². The number of hydrogen-bond acceptors (Lipinski definition) is 6. The third-order valence-electron chi connectivity index (χ3n) is 4.07. The molecule has 0 bridgehead atoms. The summed E-state index contributed by atoms with van der Waals surface area (Å²) in [5.41, 5.74) is 2.35. The Morgan fingerprint density at radius 1 is 1.25 bits per heavy atom. The third-order valence-corrected chi connectivity index (χ3v) is 4.07. The molecule has 1 aromatic heterocycles. The second-order valence-corrected chi connectivity index (χ2v) is 5.91. The van der Waals surface area contributed by atoms with Gasteiger partial charge >= 0.3 is 0 Å². The molecule has 1 saturated heterocycles. The predicted octanol–water partition coefficient (Wildman–Crippen LogP) is 2.66. The summed E-state index contributed by atoms with van der Waals surface area (Å²) in [4.78, 5) is 6.66. The highest BCUT2D eigenvalue weighted by molar-refractivity contribution is 5.59. The first-order chi connectivity index (χ1) is 11.8. The minimum atomic E-state index is 0.303. The number of hydrogen-bond donors (Lipinski definition) is 1. The molecule has 1 aliphatic rings. The van der Waals surface area contributed by atoms with Crippen LogP contribution in [-0.4, -0.2) is 49.3 Å². The summed E-state index contributed by atoms with van der Waals surface area (Å²) in [6.45, 7) is 7.39. The van der Waals surface area contributed by atoms with Crippen LogP contribution in [0.25, 0.3) is 11.5 Å². The molecule has 1 aromatic carbocycles. The van der Waals surface area contributed by atoms with Crippen molar-refractivity contribution >= 4 is 5.88 Å². The number of anilines is 1. The van der Waals surface area contributed by atoms with E-state index in [0.29, 0.717) is 17.5 Å². The number of morpholine rings is 1. The molecule has 6 nitrogen and oxygen atoms in total. The fourth-order valence-corrected chi connectivity index (χ4v) is 2.66. The first-order valence-corrected chi connectivity index (χ1v) is 8.28. The highest BCUT2D eigenvalue weighted by Gasteiger charge is 2.14. The van der Waals surface area contributed by atoms with Gasteiger partial charge in [0.25, 0.3) is 0 Å². The molecule has 3 rings (SSSR count). The van der Waals surface area contributed by atoms with Crippen molar-refractivity contribution in [3.8, 4) is 17.5 Å². The highest BCUT2D eigenvalue weighted by atomic mass is 16.5. The molecule has 1 aliphatic heterocycles. The number of nitrogens with zero attached hydrogens (tertiary/aromatic N) is 3. The Balaban J connectivity index is 1.57. The average molecular weight is 326 g/mol. The maximum absolute atomic E-state index is 9.25. The Bertz CT molecular complexity index is 697. The van der Waals surface area contributed by atoms with Crippen LogP contribution in [0.4, 0.5) is 5.88 Å². The van der Waals surface area contributed by atoms with Crippen LogP contribution in [0.15, 0.2) is 28.7 Å². The predicted molar refractivity (Wildman–Crippen MR) is 91.8 cm³/mol. The van der Waals surface area contributed by atoms with E-state index in [1.165, 1.54) is 5.56 Å². The average Bonchev–Trinajstić information content (AvgIpc) is 3.03. The van der Waals surface area contributed by atoms with E-state index < -0.39 is 0 Å². The van der Waals surface area contributed by atoms with Gasteiger partial charge in [-0.15, -0.1) is 0 Å². The molecule has 2 heterocycles. The minimum Gasteiger partial charge on any atom is -0.419 e. The van der Waals surface area contributed by atoms with E-state index in [-0.39, 0.29) is 0 Å². The van der Waals surface area contributed by atoms with E-state index in [9.17, 15) is 5.26 Å². The summed E-state index contributed by atoms with van der Waals surface area (Å²) in [6.07, 6.45) is 0.978. The number of benzene rings is 1. The van der Waals surface area contributed by atoms with E-state index in [4.69, 9.17) is 9.15 Å². The molecule has 1 N–H and O–H groups in total. The van der Waals surface area contributed by atoms with E-state index in [1.54, 1.807) is 0 Å². The van der Waals surface area contributed by atoms with Crippen LogP contribution in [0.5, 0.6) is 0 Å². The van der Waals surface area contributed by atoms with Crippen molar-refractivity contribution in [2.24, 2.45) is 0 Å². The number of oxazole rings is 1. The van der Waals surface area contributed by atoms with E-state index in [1.807, 2.05) is 31.2 Å². The lowest BCUT2D eigenvalue weighted by Gasteiger charge is -2.26. The Labute approximate surface area is 142 Å². The van der Waals surface area contributed by atoms with Crippen LogP contribution >= 0.6 is 0 Å². The van der Waals surface area contributed by atoms with Crippen molar-refractivity contribution in [3.63, 3.8) is 0 Å². The molecule has 0 saturated carbocycles. The normalized spacial score (nSPS) is 15.2. The number of nitriles is 1. The summed E-state index contributed by atoms with van der Waals surface area (Å²) in [6, 6.07) is 9.99. The van der Waals surface area contributed by atoms with Crippen LogP contribution in [0.1, 0.15) is 17.7 Å². The Morgan fingerprint density at radius 2 is 2.00 bits per heavy atom. The van der Waals surface area contributed by atoms with Crippen molar-refractivity contribution < 1.29 is 9.15 Å². The topological polar surface area (TPSA) is 74.3 Å². The molecule has 1 fully saturated rings. The lowest BCUT2D eigenvalue weighted by molar-refractivity contribution is 0.0378. The SMILES string of the molecule is Cc1ccc(-c2nc(C#N)c(NCCCN3CCOCC3)o2)cc1. The van der Waals surface area contributed by atoms with Gasteiger partial charge < -0.3 is 14.5 Å². The Hall–Kier alpha value is -2.36. The molecule has 0 atom stereocenters. The van der Waals surface area contributed by atoms with Gasteiger partial charge in [0.05, 0.1) is 13.2 Å². The van der Waals surface area contributed by atoms with Gasteiger partial charge in [-0.05, 0) is 32.0 Å². The third kappa shape index (κ3) is 4.13. The molecule has 24 heavy (non-hydrogen) atoms. The summed E-state index contributed by atoms with van der Waals surface area (Å²) < 4.78 is 11.1. The van der Waals surface area contributed by atoms with Gasteiger partial charge in [0.15, 0.2) is 0 Å². The number of ether oxygens (including phenoxy) is 1. The van der Waals surface area contributed by atoms with Crippen LogP contribution in [0, 0.1) is 18.3 Å². The van der Waals surface area contributed by atoms with Gasteiger partial charge in [0.2, 0.25) is 17.5 Å². The van der Waals surface area contributed by atoms with Crippen LogP contribution in [0.3, 0.4) is 0 Å². The molecule has 0 aliphatic carbocycles. The second kappa shape index (κ2) is 7.95. The molecule has 126 valence electrons. The van der Waals surface area contributed by atoms with E-state index >= 15 is 0 Å². The van der Waals surface area contributed by atoms with Gasteiger partial charge in [-0.2, -0.15) is 10.2 Å². The summed E-state index contributed by atoms with van der Waals surface area (Å²) >= 11 is 0. The number of aryl methyl sites for hydroxylation is 1. The minimum absolute atomic E-state index is 0.303.